The molecule has 0 radical (unpaired) electrons. The van der Waals surface area contributed by atoms with E-state index in [0.29, 0.717) is 36.8 Å². The van der Waals surface area contributed by atoms with E-state index in [4.69, 9.17) is 14.2 Å². The number of nitrogens with zero attached hydrogens (tertiary/aromatic N) is 1. The lowest BCUT2D eigenvalue weighted by Crippen LogP contribution is -2.47. The van der Waals surface area contributed by atoms with Gasteiger partial charge in [0.15, 0.2) is 11.5 Å². The first-order valence-electron chi connectivity index (χ1n) is 12.1. The number of nitrogens with one attached hydrogen (secondary N) is 1. The van der Waals surface area contributed by atoms with E-state index in [2.05, 4.69) is 5.32 Å². The van der Waals surface area contributed by atoms with Crippen LogP contribution in [0.25, 0.3) is 0 Å². The molecule has 35 heavy (non-hydrogen) atoms. The highest BCUT2D eigenvalue weighted by Gasteiger charge is 2.34. The molecule has 8 nitrogen and oxygen atoms in total. The number of hydrogen-bond donors (Lipinski definition) is 1. The molecule has 1 N–H and O–H groups in total. The number of carbonyl (C=O) groups excluding carboxylic acids is 1. The molecule has 192 valence electrons. The van der Waals surface area contributed by atoms with Gasteiger partial charge >= 0.3 is 0 Å². The van der Waals surface area contributed by atoms with E-state index in [0.717, 1.165) is 37.7 Å². The second-order valence-electron chi connectivity index (χ2n) is 8.54. The minimum absolute atomic E-state index is 0.171. The molecule has 1 saturated carbocycles. The van der Waals surface area contributed by atoms with E-state index in [1.54, 1.807) is 38.5 Å². The summed E-state index contributed by atoms with van der Waals surface area (Å²) in [5.41, 5.74) is 0.981. The smallest absolute Gasteiger partial charge is 0.243 e. The largest absolute Gasteiger partial charge is 0.494 e. The van der Waals surface area contributed by atoms with Crippen molar-refractivity contribution in [1.29, 1.82) is 0 Å². The lowest BCUT2D eigenvalue weighted by molar-refractivity contribution is -0.121. The molecule has 0 aromatic heterocycles. The van der Waals surface area contributed by atoms with Crippen molar-refractivity contribution in [3.05, 3.63) is 48.0 Å². The van der Waals surface area contributed by atoms with Gasteiger partial charge in [-0.3, -0.25) is 4.79 Å². The van der Waals surface area contributed by atoms with Crippen molar-refractivity contribution in [3.63, 3.8) is 0 Å². The van der Waals surface area contributed by atoms with Gasteiger partial charge in [-0.1, -0.05) is 25.3 Å². The molecule has 1 amide bonds. The predicted octanol–water partition coefficient (Wildman–Crippen LogP) is 3.78. The van der Waals surface area contributed by atoms with Gasteiger partial charge in [0, 0.05) is 12.6 Å². The molecule has 3 rings (SSSR count). The van der Waals surface area contributed by atoms with Gasteiger partial charge < -0.3 is 19.5 Å². The van der Waals surface area contributed by atoms with Crippen LogP contribution in [0.3, 0.4) is 0 Å². The zero-order chi connectivity index (χ0) is 25.3. The summed E-state index contributed by atoms with van der Waals surface area (Å²) in [6.07, 6.45) is 5.11. The maximum absolute atomic E-state index is 13.5. The first kappa shape index (κ1) is 26.8. The van der Waals surface area contributed by atoms with E-state index < -0.39 is 10.0 Å². The Balaban J connectivity index is 1.68. The summed E-state index contributed by atoms with van der Waals surface area (Å²) in [4.78, 5) is 13.0. The Morgan fingerprint density at radius 3 is 2.31 bits per heavy atom. The SMILES string of the molecule is CCOc1ccc(S(=O)(=O)N(CC(=O)NCCc2ccc(OC)c(OC)c2)C2CCCCC2)cc1. The average Bonchev–Trinajstić information content (AvgIpc) is 2.88. The molecule has 0 bridgehead atoms. The van der Waals surface area contributed by atoms with Gasteiger partial charge in [-0.15, -0.1) is 0 Å². The van der Waals surface area contributed by atoms with Crippen LogP contribution in [0.2, 0.25) is 0 Å². The first-order valence-corrected chi connectivity index (χ1v) is 13.5. The molecule has 2 aromatic rings. The van der Waals surface area contributed by atoms with Crippen molar-refractivity contribution >= 4 is 15.9 Å². The second kappa shape index (κ2) is 12.8. The summed E-state index contributed by atoms with van der Waals surface area (Å²) < 4.78 is 44.5. The normalized spacial score (nSPS) is 14.5. The molecule has 0 atom stereocenters. The molecular weight excluding hydrogens is 468 g/mol. The fraction of sp³-hybridized carbons (Fsp3) is 0.500. The number of benzene rings is 2. The topological polar surface area (TPSA) is 94.2 Å². The van der Waals surface area contributed by atoms with Gasteiger partial charge in [-0.2, -0.15) is 4.31 Å². The molecule has 0 saturated heterocycles. The van der Waals surface area contributed by atoms with Crippen LogP contribution in [0.4, 0.5) is 0 Å². The van der Waals surface area contributed by atoms with Crippen LogP contribution in [0, 0.1) is 0 Å². The molecule has 0 unspecified atom stereocenters. The van der Waals surface area contributed by atoms with Crippen LogP contribution in [0.15, 0.2) is 47.4 Å². The summed E-state index contributed by atoms with van der Waals surface area (Å²) in [5, 5.41) is 2.88. The van der Waals surface area contributed by atoms with Gasteiger partial charge in [-0.05, 0) is 68.1 Å². The molecule has 9 heteroatoms. The highest BCUT2D eigenvalue weighted by atomic mass is 32.2. The number of hydrogen-bond acceptors (Lipinski definition) is 6. The molecule has 0 heterocycles. The third-order valence-corrected chi connectivity index (χ3v) is 8.12. The quantitative estimate of drug-likeness (QED) is 0.473. The first-order chi connectivity index (χ1) is 16.9. The molecular formula is C26H36N2O6S. The zero-order valence-electron chi connectivity index (χ0n) is 20.8. The van der Waals surface area contributed by atoms with Crippen molar-refractivity contribution in [1.82, 2.24) is 9.62 Å². The maximum atomic E-state index is 13.5. The fourth-order valence-corrected chi connectivity index (χ4v) is 6.01. The van der Waals surface area contributed by atoms with Gasteiger partial charge in [0.2, 0.25) is 15.9 Å². The average molecular weight is 505 g/mol. The molecule has 2 aromatic carbocycles. The van der Waals surface area contributed by atoms with Crippen LogP contribution in [-0.2, 0) is 21.2 Å². The molecule has 1 aliphatic carbocycles. The number of rotatable bonds is 12. The Hall–Kier alpha value is -2.78. The van der Waals surface area contributed by atoms with Gasteiger partial charge in [0.1, 0.15) is 5.75 Å². The molecule has 1 fully saturated rings. The fourth-order valence-electron chi connectivity index (χ4n) is 4.37. The van der Waals surface area contributed by atoms with E-state index >= 15 is 0 Å². The Labute approximate surface area is 208 Å². The van der Waals surface area contributed by atoms with E-state index in [1.807, 2.05) is 25.1 Å². The summed E-state index contributed by atoms with van der Waals surface area (Å²) >= 11 is 0. The van der Waals surface area contributed by atoms with E-state index in [9.17, 15) is 13.2 Å². The summed E-state index contributed by atoms with van der Waals surface area (Å²) in [6.45, 7) is 2.56. The van der Waals surface area contributed by atoms with Crippen LogP contribution in [-0.4, -0.2) is 58.6 Å². The number of amides is 1. The van der Waals surface area contributed by atoms with E-state index in [1.165, 1.54) is 4.31 Å². The zero-order valence-corrected chi connectivity index (χ0v) is 21.6. The van der Waals surface area contributed by atoms with E-state index in [-0.39, 0.29) is 23.4 Å². The third-order valence-electron chi connectivity index (χ3n) is 6.21. The van der Waals surface area contributed by atoms with Crippen molar-refractivity contribution in [2.45, 2.75) is 56.4 Å². The van der Waals surface area contributed by atoms with Crippen molar-refractivity contribution < 1.29 is 27.4 Å². The summed E-state index contributed by atoms with van der Waals surface area (Å²) in [5.74, 6) is 1.57. The van der Waals surface area contributed by atoms with Crippen molar-refractivity contribution in [2.24, 2.45) is 0 Å². The van der Waals surface area contributed by atoms with Crippen LogP contribution >= 0.6 is 0 Å². The number of ether oxygens (including phenoxy) is 3. The summed E-state index contributed by atoms with van der Waals surface area (Å²) in [6, 6.07) is 11.8. The van der Waals surface area contributed by atoms with Crippen LogP contribution in [0.5, 0.6) is 17.2 Å². The van der Waals surface area contributed by atoms with Crippen molar-refractivity contribution in [2.75, 3.05) is 33.9 Å². The standard InChI is InChI=1S/C26H36N2O6S/c1-4-34-22-11-13-23(14-12-22)35(30,31)28(21-8-6-5-7-9-21)19-26(29)27-17-16-20-10-15-24(32-2)25(18-20)33-3/h10-15,18,21H,4-9,16-17,19H2,1-3H3,(H,27,29). The van der Waals surface area contributed by atoms with Crippen LogP contribution < -0.4 is 19.5 Å². The van der Waals surface area contributed by atoms with Gasteiger partial charge in [0.05, 0.1) is 32.3 Å². The minimum Gasteiger partial charge on any atom is -0.494 e. The minimum atomic E-state index is -3.83. The Kier molecular flexibility index (Phi) is 9.80. The molecule has 0 aliphatic heterocycles. The summed E-state index contributed by atoms with van der Waals surface area (Å²) in [7, 11) is -0.677. The Bertz CT molecular complexity index is 1070. The number of sulfonamides is 1. The Morgan fingerprint density at radius 2 is 1.69 bits per heavy atom. The van der Waals surface area contributed by atoms with Crippen LogP contribution in [0.1, 0.15) is 44.6 Å². The second-order valence-corrected chi connectivity index (χ2v) is 10.4. The van der Waals surface area contributed by atoms with Gasteiger partial charge in [-0.25, -0.2) is 8.42 Å². The highest BCUT2D eigenvalue weighted by molar-refractivity contribution is 7.89. The third kappa shape index (κ3) is 7.11. The number of methoxy groups -OCH3 is 2. The number of carbonyl (C=O) groups is 1. The maximum Gasteiger partial charge on any atom is 0.243 e. The predicted molar refractivity (Wildman–Crippen MR) is 135 cm³/mol. The van der Waals surface area contributed by atoms with Crippen molar-refractivity contribution in [3.8, 4) is 17.2 Å². The lowest BCUT2D eigenvalue weighted by Gasteiger charge is -2.33. The monoisotopic (exact) mass is 504 g/mol. The van der Waals surface area contributed by atoms with Gasteiger partial charge in [0.25, 0.3) is 0 Å². The molecule has 1 aliphatic rings. The highest BCUT2D eigenvalue weighted by Crippen LogP contribution is 2.29. The Morgan fingerprint density at radius 1 is 1.00 bits per heavy atom. The molecule has 0 spiro atoms. The lowest BCUT2D eigenvalue weighted by atomic mass is 9.95.